The number of sulfonamides is 1. The molecule has 4 nitrogen and oxygen atoms in total. The Morgan fingerprint density at radius 2 is 2.10 bits per heavy atom. The highest BCUT2D eigenvalue weighted by molar-refractivity contribution is 9.10. The van der Waals surface area contributed by atoms with Crippen molar-refractivity contribution in [1.29, 1.82) is 0 Å². The van der Waals surface area contributed by atoms with Gasteiger partial charge in [0.05, 0.1) is 4.90 Å². The molecule has 1 aliphatic rings. The fourth-order valence-electron chi connectivity index (χ4n) is 2.23. The first kappa shape index (κ1) is 17.9. The monoisotopic (exact) mass is 382 g/mol. The van der Waals surface area contributed by atoms with Crippen LogP contribution < -0.4 is 10.0 Å². The molecule has 0 amide bonds. The van der Waals surface area contributed by atoms with E-state index in [1.165, 1.54) is 0 Å². The number of rotatable bonds is 3. The fraction of sp³-hybridized carbons (Fsp3) is 0.538. The van der Waals surface area contributed by atoms with E-state index in [1.807, 2.05) is 13.0 Å². The Morgan fingerprint density at radius 3 is 2.75 bits per heavy atom. The molecule has 1 saturated heterocycles. The predicted octanol–water partition coefficient (Wildman–Crippen LogP) is 2.46. The molecule has 0 aromatic heterocycles. The van der Waals surface area contributed by atoms with Gasteiger partial charge in [0.25, 0.3) is 0 Å². The van der Waals surface area contributed by atoms with Gasteiger partial charge in [0, 0.05) is 17.1 Å². The number of piperidine rings is 1. The Hall–Kier alpha value is -0.140. The molecule has 114 valence electrons. The van der Waals surface area contributed by atoms with Crippen LogP contribution in [0.25, 0.3) is 0 Å². The van der Waals surface area contributed by atoms with Gasteiger partial charge in [-0.2, -0.15) is 0 Å². The zero-order chi connectivity index (χ0) is 14.0. The molecule has 7 heteroatoms. The maximum Gasteiger partial charge on any atom is 0.242 e. The van der Waals surface area contributed by atoms with Crippen LogP contribution in [0.3, 0.4) is 0 Å². The molecule has 1 fully saturated rings. The lowest BCUT2D eigenvalue weighted by Gasteiger charge is -2.30. The van der Waals surface area contributed by atoms with Crippen LogP contribution in [0.5, 0.6) is 0 Å². The molecule has 0 bridgehead atoms. The van der Waals surface area contributed by atoms with Crippen molar-refractivity contribution in [3.8, 4) is 0 Å². The fourth-order valence-corrected chi connectivity index (χ4v) is 4.62. The van der Waals surface area contributed by atoms with Crippen molar-refractivity contribution >= 4 is 38.4 Å². The van der Waals surface area contributed by atoms with E-state index >= 15 is 0 Å². The molecule has 2 atom stereocenters. The highest BCUT2D eigenvalue weighted by Gasteiger charge is 2.27. The largest absolute Gasteiger partial charge is 0.315 e. The van der Waals surface area contributed by atoms with E-state index in [-0.39, 0.29) is 18.4 Å². The number of hydrogen-bond acceptors (Lipinski definition) is 3. The van der Waals surface area contributed by atoms with E-state index in [0.29, 0.717) is 21.8 Å². The molecule has 0 saturated carbocycles. The van der Waals surface area contributed by atoms with Crippen molar-refractivity contribution < 1.29 is 8.42 Å². The second-order valence-electron chi connectivity index (χ2n) is 5.13. The quantitative estimate of drug-likeness (QED) is 0.843. The maximum atomic E-state index is 12.5. The SMILES string of the molecule is Cc1ccc(Br)c(S(=O)(=O)NC2CNCCC2C)c1.Cl. The van der Waals surface area contributed by atoms with Crippen molar-refractivity contribution in [2.45, 2.75) is 31.2 Å². The van der Waals surface area contributed by atoms with E-state index in [0.717, 1.165) is 18.5 Å². The summed E-state index contributed by atoms with van der Waals surface area (Å²) in [5, 5.41) is 3.23. The minimum atomic E-state index is -3.48. The van der Waals surface area contributed by atoms with Crippen LogP contribution in [0.2, 0.25) is 0 Å². The molecule has 2 rings (SSSR count). The van der Waals surface area contributed by atoms with E-state index < -0.39 is 10.0 Å². The Balaban J connectivity index is 0.00000200. The smallest absolute Gasteiger partial charge is 0.242 e. The van der Waals surface area contributed by atoms with Gasteiger partial charge in [-0.05, 0) is 59.4 Å². The van der Waals surface area contributed by atoms with Gasteiger partial charge in [-0.1, -0.05) is 13.0 Å². The predicted molar refractivity (Wildman–Crippen MR) is 86.9 cm³/mol. The van der Waals surface area contributed by atoms with Gasteiger partial charge in [-0.25, -0.2) is 13.1 Å². The first-order chi connectivity index (χ1) is 8.90. The molecule has 20 heavy (non-hydrogen) atoms. The molecule has 1 aromatic rings. The zero-order valence-corrected chi connectivity index (χ0v) is 14.7. The van der Waals surface area contributed by atoms with Gasteiger partial charge in [-0.3, -0.25) is 0 Å². The molecule has 1 heterocycles. The molecular formula is C13H20BrClN2O2S. The van der Waals surface area contributed by atoms with Crippen molar-refractivity contribution in [3.05, 3.63) is 28.2 Å². The summed E-state index contributed by atoms with van der Waals surface area (Å²) in [5.74, 6) is 0.347. The minimum Gasteiger partial charge on any atom is -0.315 e. The Labute approximate surface area is 135 Å². The van der Waals surface area contributed by atoms with Crippen LogP contribution in [0.4, 0.5) is 0 Å². The normalized spacial score (nSPS) is 23.1. The third-order valence-corrected chi connectivity index (χ3v) is 5.99. The summed E-state index contributed by atoms with van der Waals surface area (Å²) in [5.41, 5.74) is 0.929. The number of nitrogens with one attached hydrogen (secondary N) is 2. The van der Waals surface area contributed by atoms with Crippen LogP contribution in [0, 0.1) is 12.8 Å². The maximum absolute atomic E-state index is 12.5. The van der Waals surface area contributed by atoms with Gasteiger partial charge in [0.2, 0.25) is 10.0 Å². The lowest BCUT2D eigenvalue weighted by atomic mass is 9.96. The highest BCUT2D eigenvalue weighted by Crippen LogP contribution is 2.24. The molecule has 0 radical (unpaired) electrons. The second-order valence-corrected chi connectivity index (χ2v) is 7.67. The van der Waals surface area contributed by atoms with E-state index in [1.54, 1.807) is 12.1 Å². The van der Waals surface area contributed by atoms with Crippen LogP contribution >= 0.6 is 28.3 Å². The summed E-state index contributed by atoms with van der Waals surface area (Å²) in [6.45, 7) is 5.60. The van der Waals surface area contributed by atoms with Crippen LogP contribution in [0.15, 0.2) is 27.6 Å². The topological polar surface area (TPSA) is 58.2 Å². The van der Waals surface area contributed by atoms with Crippen LogP contribution in [-0.2, 0) is 10.0 Å². The number of aryl methyl sites for hydroxylation is 1. The summed E-state index contributed by atoms with van der Waals surface area (Å²) in [6.07, 6.45) is 0.988. The molecule has 2 N–H and O–H groups in total. The summed E-state index contributed by atoms with van der Waals surface area (Å²) in [7, 11) is -3.48. The summed E-state index contributed by atoms with van der Waals surface area (Å²) in [6, 6.07) is 5.29. The van der Waals surface area contributed by atoms with Crippen LogP contribution in [0.1, 0.15) is 18.9 Å². The second kappa shape index (κ2) is 7.22. The minimum absolute atomic E-state index is 0. The van der Waals surface area contributed by atoms with Gasteiger partial charge < -0.3 is 5.32 Å². The summed E-state index contributed by atoms with van der Waals surface area (Å²) >= 11 is 3.31. The summed E-state index contributed by atoms with van der Waals surface area (Å²) in [4.78, 5) is 0.310. The van der Waals surface area contributed by atoms with Gasteiger partial charge in [0.1, 0.15) is 0 Å². The van der Waals surface area contributed by atoms with E-state index in [2.05, 4.69) is 32.9 Å². The molecule has 1 aromatic carbocycles. The zero-order valence-electron chi connectivity index (χ0n) is 11.5. The molecular weight excluding hydrogens is 364 g/mol. The van der Waals surface area contributed by atoms with E-state index in [9.17, 15) is 8.42 Å². The molecule has 0 spiro atoms. The van der Waals surface area contributed by atoms with Gasteiger partial charge in [-0.15, -0.1) is 12.4 Å². The number of benzene rings is 1. The lowest BCUT2D eigenvalue weighted by molar-refractivity contribution is 0.327. The highest BCUT2D eigenvalue weighted by atomic mass is 79.9. The van der Waals surface area contributed by atoms with Crippen LogP contribution in [-0.4, -0.2) is 27.5 Å². The van der Waals surface area contributed by atoms with Gasteiger partial charge >= 0.3 is 0 Å². The molecule has 1 aliphatic heterocycles. The molecule has 2 unspecified atom stereocenters. The van der Waals surface area contributed by atoms with Crippen molar-refractivity contribution in [2.24, 2.45) is 5.92 Å². The Bertz CT molecular complexity index is 565. The Morgan fingerprint density at radius 1 is 1.40 bits per heavy atom. The first-order valence-corrected chi connectivity index (χ1v) is 8.67. The standard InChI is InChI=1S/C13H19BrN2O2S.ClH/c1-9-3-4-11(14)13(7-9)19(17,18)16-12-8-15-6-5-10(12)2;/h3-4,7,10,12,15-16H,5-6,8H2,1-2H3;1H. The first-order valence-electron chi connectivity index (χ1n) is 6.39. The average Bonchev–Trinajstić information content (AvgIpc) is 2.35. The lowest BCUT2D eigenvalue weighted by Crippen LogP contribution is -2.50. The van der Waals surface area contributed by atoms with Gasteiger partial charge in [0.15, 0.2) is 0 Å². The molecule has 0 aliphatic carbocycles. The van der Waals surface area contributed by atoms with Crippen molar-refractivity contribution in [2.75, 3.05) is 13.1 Å². The Kier molecular flexibility index (Phi) is 6.47. The average molecular weight is 384 g/mol. The summed E-state index contributed by atoms with van der Waals surface area (Å²) < 4.78 is 28.3. The number of halogens is 2. The van der Waals surface area contributed by atoms with Crippen molar-refractivity contribution in [1.82, 2.24) is 10.0 Å². The number of hydrogen-bond donors (Lipinski definition) is 2. The van der Waals surface area contributed by atoms with E-state index in [4.69, 9.17) is 0 Å². The van der Waals surface area contributed by atoms with Crippen molar-refractivity contribution in [3.63, 3.8) is 0 Å². The third kappa shape index (κ3) is 4.18. The third-order valence-electron chi connectivity index (χ3n) is 3.51.